The van der Waals surface area contributed by atoms with Crippen LogP contribution in [0, 0.1) is 0 Å². The third kappa shape index (κ3) is 76.2. The van der Waals surface area contributed by atoms with Crippen molar-refractivity contribution >= 4 is 22.8 Å². The Morgan fingerprint density at radius 1 is 1.25 bits per heavy atom. The zero-order chi connectivity index (χ0) is 4.50. The third-order valence-corrected chi connectivity index (χ3v) is 0. The number of hydrogen-bond acceptors (Lipinski definition) is 2. The molecule has 0 rings (SSSR count). The summed E-state index contributed by atoms with van der Waals surface area (Å²) in [5.74, 6) is 0. The largest absolute Gasteiger partial charge is 1.00 e. The maximum atomic E-state index is 8.74. The van der Waals surface area contributed by atoms with E-state index in [1.54, 1.807) is 0 Å². The van der Waals surface area contributed by atoms with Crippen molar-refractivity contribution in [1.29, 1.82) is 0 Å². The van der Waals surface area contributed by atoms with Gasteiger partial charge in [-0.2, -0.15) is 8.42 Å². The fourth-order valence-corrected chi connectivity index (χ4v) is 0. The van der Waals surface area contributed by atoms with E-state index in [9.17, 15) is 0 Å². The molecule has 0 unspecified atom stereocenters. The molecule has 2 N–H and O–H groups in total. The van der Waals surface area contributed by atoms with Crippen molar-refractivity contribution in [3.63, 3.8) is 0 Å². The molecule has 8 heteroatoms. The van der Waals surface area contributed by atoms with Crippen molar-refractivity contribution in [1.82, 2.24) is 0 Å². The minimum Gasteiger partial charge on any atom is -1.00 e. The van der Waals surface area contributed by atoms with E-state index in [-0.39, 0.29) is 86.9 Å². The van der Waals surface area contributed by atoms with Crippen LogP contribution in [0.1, 0.15) is 1.43 Å². The van der Waals surface area contributed by atoms with Crippen LogP contribution in [0.2, 0.25) is 0 Å². The maximum absolute atomic E-state index is 8.74. The first-order chi connectivity index (χ1) is 2.00. The van der Waals surface area contributed by atoms with Gasteiger partial charge in [-0.05, 0) is 0 Å². The van der Waals surface area contributed by atoms with Gasteiger partial charge in [0.1, 0.15) is 0 Å². The molecule has 46 valence electrons. The summed E-state index contributed by atoms with van der Waals surface area (Å²) >= 11 is 0. The zero-order valence-electron chi connectivity index (χ0n) is 5.03. The first-order valence-corrected chi connectivity index (χ1v) is 2.10. The van der Waals surface area contributed by atoms with Crippen molar-refractivity contribution in [3.05, 3.63) is 0 Å². The van der Waals surface area contributed by atoms with E-state index in [0.717, 1.165) is 0 Å². The molecule has 0 radical (unpaired) electrons. The number of halogens is 1. The molecule has 0 spiro atoms. The van der Waals surface area contributed by atoms with E-state index in [1.165, 1.54) is 0 Å². The second-order valence-corrected chi connectivity index (χ2v) is 1.34. The zero-order valence-corrected chi connectivity index (χ0v) is 10.3. The molecule has 0 atom stereocenters. The smallest absolute Gasteiger partial charge is 1.00 e. The Hall–Kier alpha value is 2.51. The average Bonchev–Trinajstić information content (AvgIpc) is 0.722. The van der Waals surface area contributed by atoms with Crippen LogP contribution in [0.5, 0.6) is 0 Å². The third-order valence-electron chi connectivity index (χ3n) is 0. The quantitative estimate of drug-likeness (QED) is 0.336. The molecule has 0 amide bonds. The Bertz CT molecular complexity index is 104. The summed E-state index contributed by atoms with van der Waals surface area (Å²) in [4.78, 5) is 0. The van der Waals surface area contributed by atoms with E-state index in [0.29, 0.717) is 0 Å². The Kier molecular flexibility index (Phi) is 26.7. The summed E-state index contributed by atoms with van der Waals surface area (Å²) in [6, 6.07) is 0. The molecule has 0 aliphatic heterocycles. The van der Waals surface area contributed by atoms with Gasteiger partial charge in [0.15, 0.2) is 0 Å². The number of hydrogen-bond donors (Lipinski definition) is 2. The van der Waals surface area contributed by atoms with Crippen LogP contribution in [0.15, 0.2) is 0 Å². The Balaban J connectivity index is -0.0000000133. The first kappa shape index (κ1) is 22.4. The van der Waals surface area contributed by atoms with Crippen molar-refractivity contribution in [2.75, 3.05) is 0 Å². The van der Waals surface area contributed by atoms with Gasteiger partial charge < -0.3 is 1.43 Å². The van der Waals surface area contributed by atoms with E-state index in [4.69, 9.17) is 17.5 Å². The van der Waals surface area contributed by atoms with Gasteiger partial charge in [-0.1, -0.05) is 0 Å². The SMILES string of the molecule is Cl.O=S(=O)(O)O.[H-].[K+].[Ti]. The minimum absolute atomic E-state index is 0. The van der Waals surface area contributed by atoms with Crippen LogP contribution in [-0.2, 0) is 32.1 Å². The van der Waals surface area contributed by atoms with Crippen LogP contribution in [0.4, 0.5) is 0 Å². The van der Waals surface area contributed by atoms with Gasteiger partial charge >= 0.3 is 61.8 Å². The predicted molar refractivity (Wildman–Crippen MR) is 22.5 cm³/mol. The molecule has 4 nitrogen and oxygen atoms in total. The monoisotopic (exact) mass is 222 g/mol. The second-order valence-electron chi connectivity index (χ2n) is 0.448. The summed E-state index contributed by atoms with van der Waals surface area (Å²) in [7, 11) is -4.67. The fraction of sp³-hybridized carbons (Fsp3) is 0. The predicted octanol–water partition coefficient (Wildman–Crippen LogP) is -3.12. The van der Waals surface area contributed by atoms with Gasteiger partial charge in [0.2, 0.25) is 0 Å². The fourth-order valence-electron chi connectivity index (χ4n) is 0. The molecular weight excluding hydrogens is 218 g/mol. The van der Waals surface area contributed by atoms with Crippen LogP contribution in [0.3, 0.4) is 0 Å². The van der Waals surface area contributed by atoms with Gasteiger partial charge in [-0.15, -0.1) is 12.4 Å². The van der Waals surface area contributed by atoms with Gasteiger partial charge in [0.25, 0.3) is 0 Å². The molecular formula is H4ClKO4STi. The van der Waals surface area contributed by atoms with E-state index in [1.807, 2.05) is 0 Å². The van der Waals surface area contributed by atoms with Crippen molar-refractivity contribution < 1.29 is 92.1 Å². The normalized spacial score (nSPS) is 7.25. The average molecular weight is 223 g/mol. The van der Waals surface area contributed by atoms with Crippen LogP contribution >= 0.6 is 12.4 Å². The van der Waals surface area contributed by atoms with Crippen molar-refractivity contribution in [2.24, 2.45) is 0 Å². The van der Waals surface area contributed by atoms with Gasteiger partial charge in [-0.3, -0.25) is 9.11 Å². The molecule has 0 aliphatic carbocycles. The van der Waals surface area contributed by atoms with Gasteiger partial charge in [0.05, 0.1) is 0 Å². The summed E-state index contributed by atoms with van der Waals surface area (Å²) in [6.07, 6.45) is 0. The molecule has 0 aromatic rings. The van der Waals surface area contributed by atoms with E-state index >= 15 is 0 Å². The summed E-state index contributed by atoms with van der Waals surface area (Å²) in [5, 5.41) is 0. The molecule has 0 heterocycles. The molecule has 0 saturated heterocycles. The Morgan fingerprint density at radius 2 is 1.25 bits per heavy atom. The van der Waals surface area contributed by atoms with Crippen LogP contribution < -0.4 is 51.4 Å². The van der Waals surface area contributed by atoms with Gasteiger partial charge in [0, 0.05) is 21.7 Å². The van der Waals surface area contributed by atoms with E-state index in [2.05, 4.69) is 0 Å². The molecule has 8 heavy (non-hydrogen) atoms. The summed E-state index contributed by atoms with van der Waals surface area (Å²) in [5.41, 5.74) is 0. The van der Waals surface area contributed by atoms with Gasteiger partial charge in [-0.25, -0.2) is 0 Å². The summed E-state index contributed by atoms with van der Waals surface area (Å²) < 4.78 is 31.6. The molecule has 0 aromatic heterocycles. The van der Waals surface area contributed by atoms with Crippen molar-refractivity contribution in [2.45, 2.75) is 0 Å². The Labute approximate surface area is 113 Å². The first-order valence-electron chi connectivity index (χ1n) is 0.698. The Morgan fingerprint density at radius 3 is 1.25 bits per heavy atom. The molecule has 0 saturated carbocycles. The topological polar surface area (TPSA) is 74.6 Å². The van der Waals surface area contributed by atoms with E-state index < -0.39 is 10.4 Å². The standard InChI is InChI=1S/ClH.K.H2O4S.Ti.H/c;;1-5(2,3)4;;/h1H;;(H2,1,2,3,4);;/q;+1;;;-1. The molecule has 0 bridgehead atoms. The molecule has 0 aliphatic rings. The van der Waals surface area contributed by atoms with Crippen LogP contribution in [-0.4, -0.2) is 17.5 Å². The van der Waals surface area contributed by atoms with Crippen LogP contribution in [0.25, 0.3) is 0 Å². The second kappa shape index (κ2) is 9.51. The summed E-state index contributed by atoms with van der Waals surface area (Å²) in [6.45, 7) is 0. The number of rotatable bonds is 0. The minimum atomic E-state index is -4.67. The van der Waals surface area contributed by atoms with Crippen molar-refractivity contribution in [3.8, 4) is 0 Å². The molecule has 0 fully saturated rings. The molecule has 0 aromatic carbocycles. The maximum Gasteiger partial charge on any atom is 1.00 e.